The van der Waals surface area contributed by atoms with Crippen molar-refractivity contribution in [3.8, 4) is 0 Å². The molecule has 1 aromatic heterocycles. The van der Waals surface area contributed by atoms with Crippen molar-refractivity contribution in [2.24, 2.45) is 0 Å². The van der Waals surface area contributed by atoms with Gasteiger partial charge < -0.3 is 19.8 Å². The summed E-state index contributed by atoms with van der Waals surface area (Å²) < 4.78 is 9.67. The van der Waals surface area contributed by atoms with Crippen LogP contribution in [-0.4, -0.2) is 35.4 Å². The first-order chi connectivity index (χ1) is 12.8. The molecule has 1 aromatic carbocycles. The number of nitrogens with zero attached hydrogens (tertiary/aromatic N) is 1. The molecule has 0 aliphatic heterocycles. The van der Waals surface area contributed by atoms with Gasteiger partial charge in [-0.05, 0) is 31.2 Å². The van der Waals surface area contributed by atoms with Crippen LogP contribution in [0.3, 0.4) is 0 Å². The molecule has 142 valence electrons. The first-order valence-electron chi connectivity index (χ1n) is 7.52. The first kappa shape index (κ1) is 19.9. The number of nitro benzene ring substituents is 1. The molecule has 0 saturated heterocycles. The summed E-state index contributed by atoms with van der Waals surface area (Å²) in [6.45, 7) is 0.671. The van der Waals surface area contributed by atoms with Gasteiger partial charge in [0.05, 0.1) is 11.2 Å². The van der Waals surface area contributed by atoms with E-state index in [1.165, 1.54) is 37.5 Å². The monoisotopic (exact) mass is 395 g/mol. The molecule has 0 aliphatic rings. The molecule has 0 saturated carbocycles. The Bertz CT molecular complexity index is 867. The van der Waals surface area contributed by atoms with Crippen molar-refractivity contribution in [1.82, 2.24) is 5.32 Å². The molecule has 0 spiro atoms. The number of esters is 1. The number of nitrogens with one attached hydrogen (secondary N) is 2. The van der Waals surface area contributed by atoms with Crippen molar-refractivity contribution in [2.75, 3.05) is 11.9 Å². The van der Waals surface area contributed by atoms with Gasteiger partial charge in [-0.3, -0.25) is 19.7 Å². The van der Waals surface area contributed by atoms with Crippen molar-refractivity contribution < 1.29 is 28.5 Å². The molecule has 0 unspecified atom stereocenters. The van der Waals surface area contributed by atoms with Crippen molar-refractivity contribution in [1.29, 1.82) is 0 Å². The normalized spacial score (nSPS) is 11.3. The summed E-state index contributed by atoms with van der Waals surface area (Å²) in [5.74, 6) is -2.26. The molecule has 0 aliphatic carbocycles. The van der Waals surface area contributed by atoms with Gasteiger partial charge in [0.15, 0.2) is 12.4 Å². The highest BCUT2D eigenvalue weighted by atomic mass is 35.5. The summed E-state index contributed by atoms with van der Waals surface area (Å²) in [7, 11) is 0. The van der Waals surface area contributed by atoms with E-state index in [1.54, 1.807) is 0 Å². The van der Waals surface area contributed by atoms with Gasteiger partial charge in [-0.25, -0.2) is 4.79 Å². The smallest absolute Gasteiger partial charge is 0.328 e. The number of anilines is 1. The second kappa shape index (κ2) is 8.81. The minimum Gasteiger partial charge on any atom is -0.459 e. The molecule has 1 atom stereocenters. The number of hydrogen-bond donors (Lipinski definition) is 2. The quantitative estimate of drug-likeness (QED) is 0.415. The third-order valence-electron chi connectivity index (χ3n) is 3.22. The molecule has 1 heterocycles. The van der Waals surface area contributed by atoms with E-state index in [1.807, 2.05) is 0 Å². The number of furan rings is 1. The van der Waals surface area contributed by atoms with Crippen molar-refractivity contribution >= 4 is 40.8 Å². The van der Waals surface area contributed by atoms with Crippen LogP contribution in [0.1, 0.15) is 17.5 Å². The number of rotatable bonds is 7. The van der Waals surface area contributed by atoms with Crippen LogP contribution in [0.4, 0.5) is 11.4 Å². The summed E-state index contributed by atoms with van der Waals surface area (Å²) in [6.07, 6.45) is 1.30. The van der Waals surface area contributed by atoms with E-state index in [4.69, 9.17) is 20.8 Å². The number of carbonyl (C=O) groups excluding carboxylic acids is 3. The van der Waals surface area contributed by atoms with Gasteiger partial charge >= 0.3 is 5.97 Å². The summed E-state index contributed by atoms with van der Waals surface area (Å²) in [5.41, 5.74) is -0.495. The Morgan fingerprint density at radius 2 is 2.07 bits per heavy atom. The molecule has 2 rings (SSSR count). The summed E-state index contributed by atoms with van der Waals surface area (Å²) in [6, 6.07) is 5.59. The third kappa shape index (κ3) is 5.54. The van der Waals surface area contributed by atoms with Gasteiger partial charge in [-0.1, -0.05) is 11.6 Å². The van der Waals surface area contributed by atoms with E-state index in [-0.39, 0.29) is 16.5 Å². The Morgan fingerprint density at radius 3 is 2.70 bits per heavy atom. The lowest BCUT2D eigenvalue weighted by Crippen LogP contribution is -2.40. The molecule has 0 radical (unpaired) electrons. The fourth-order valence-electron chi connectivity index (χ4n) is 1.94. The van der Waals surface area contributed by atoms with Crippen LogP contribution in [0.25, 0.3) is 0 Å². The fourth-order valence-corrected chi connectivity index (χ4v) is 2.11. The van der Waals surface area contributed by atoms with Crippen molar-refractivity contribution in [3.63, 3.8) is 0 Å². The molecule has 0 bridgehead atoms. The van der Waals surface area contributed by atoms with Crippen LogP contribution < -0.4 is 10.6 Å². The lowest BCUT2D eigenvalue weighted by atomic mass is 10.2. The molecule has 11 heteroatoms. The average molecular weight is 396 g/mol. The summed E-state index contributed by atoms with van der Waals surface area (Å²) in [5, 5.41) is 15.7. The number of amides is 2. The van der Waals surface area contributed by atoms with Crippen LogP contribution in [0.15, 0.2) is 41.0 Å². The second-order valence-corrected chi connectivity index (χ2v) is 5.68. The molecular formula is C16H14ClN3O7. The number of ether oxygens (including phenoxy) is 1. The van der Waals surface area contributed by atoms with Gasteiger partial charge in [0.1, 0.15) is 11.7 Å². The number of halogens is 1. The Hall–Kier alpha value is -3.40. The Balaban J connectivity index is 1.87. The lowest BCUT2D eigenvalue weighted by molar-refractivity contribution is -0.383. The van der Waals surface area contributed by atoms with E-state index in [9.17, 15) is 24.5 Å². The Kier molecular flexibility index (Phi) is 6.50. The summed E-state index contributed by atoms with van der Waals surface area (Å²) >= 11 is 5.69. The van der Waals surface area contributed by atoms with E-state index in [0.717, 1.165) is 6.07 Å². The number of hydrogen-bond acceptors (Lipinski definition) is 7. The molecule has 2 amide bonds. The maximum atomic E-state index is 11.9. The maximum Gasteiger partial charge on any atom is 0.328 e. The Labute approximate surface area is 157 Å². The Morgan fingerprint density at radius 1 is 1.33 bits per heavy atom. The average Bonchev–Trinajstić information content (AvgIpc) is 3.15. The van der Waals surface area contributed by atoms with E-state index >= 15 is 0 Å². The molecule has 27 heavy (non-hydrogen) atoms. The topological polar surface area (TPSA) is 141 Å². The van der Waals surface area contributed by atoms with Crippen LogP contribution in [0.2, 0.25) is 5.02 Å². The molecule has 2 N–H and O–H groups in total. The number of carbonyl (C=O) groups is 3. The largest absolute Gasteiger partial charge is 0.459 e. The van der Waals surface area contributed by atoms with E-state index in [0.29, 0.717) is 0 Å². The molecule has 2 aromatic rings. The van der Waals surface area contributed by atoms with Crippen LogP contribution >= 0.6 is 11.6 Å². The highest BCUT2D eigenvalue weighted by Crippen LogP contribution is 2.27. The zero-order chi connectivity index (χ0) is 20.0. The molecule has 0 fully saturated rings. The number of benzene rings is 1. The van der Waals surface area contributed by atoms with Gasteiger partial charge in [-0.15, -0.1) is 0 Å². The van der Waals surface area contributed by atoms with Crippen LogP contribution in [0.5, 0.6) is 0 Å². The van der Waals surface area contributed by atoms with E-state index in [2.05, 4.69) is 10.6 Å². The first-order valence-corrected chi connectivity index (χ1v) is 7.90. The predicted octanol–water partition coefficient (Wildman–Crippen LogP) is 2.14. The second-order valence-electron chi connectivity index (χ2n) is 5.25. The SMILES string of the molecule is C[C@H](NC(=O)c1ccco1)C(=O)OCC(=O)Nc1ccc(Cl)cc1[N+](=O)[O-]. The van der Waals surface area contributed by atoms with E-state index < -0.39 is 41.0 Å². The minimum absolute atomic E-state index is 0.0161. The molecule has 10 nitrogen and oxygen atoms in total. The highest BCUT2D eigenvalue weighted by Gasteiger charge is 2.21. The zero-order valence-electron chi connectivity index (χ0n) is 13.9. The summed E-state index contributed by atoms with van der Waals surface area (Å²) in [4.78, 5) is 45.7. The minimum atomic E-state index is -1.04. The van der Waals surface area contributed by atoms with Crippen LogP contribution in [-0.2, 0) is 14.3 Å². The maximum absolute atomic E-state index is 11.9. The van der Waals surface area contributed by atoms with Crippen molar-refractivity contribution in [2.45, 2.75) is 13.0 Å². The predicted molar refractivity (Wildman–Crippen MR) is 93.3 cm³/mol. The lowest BCUT2D eigenvalue weighted by Gasteiger charge is -2.12. The van der Waals surface area contributed by atoms with Crippen LogP contribution in [0, 0.1) is 10.1 Å². The molecular weight excluding hydrogens is 382 g/mol. The van der Waals surface area contributed by atoms with Crippen molar-refractivity contribution in [3.05, 3.63) is 57.5 Å². The van der Waals surface area contributed by atoms with Gasteiger partial charge in [0, 0.05) is 11.1 Å². The van der Waals surface area contributed by atoms with Gasteiger partial charge in [0.25, 0.3) is 17.5 Å². The van der Waals surface area contributed by atoms with Gasteiger partial charge in [0.2, 0.25) is 0 Å². The zero-order valence-corrected chi connectivity index (χ0v) is 14.7. The fraction of sp³-hybridized carbons (Fsp3) is 0.188. The third-order valence-corrected chi connectivity index (χ3v) is 3.46. The van der Waals surface area contributed by atoms with Gasteiger partial charge in [-0.2, -0.15) is 0 Å². The highest BCUT2D eigenvalue weighted by molar-refractivity contribution is 6.31. The standard InChI is InChI=1S/C16H14ClN3O7/c1-9(18-15(22)13-3-2-6-26-13)16(23)27-8-14(21)19-11-5-4-10(17)7-12(11)20(24)25/h2-7,9H,8H2,1H3,(H,18,22)(H,19,21)/t9-/m0/s1. The number of nitro groups is 1.